The second-order valence-corrected chi connectivity index (χ2v) is 6.86. The van der Waals surface area contributed by atoms with Crippen molar-refractivity contribution in [1.82, 2.24) is 5.32 Å². The maximum atomic E-state index is 12.7. The fraction of sp³-hybridized carbons (Fsp3) is 0.333. The molecule has 0 saturated heterocycles. The van der Waals surface area contributed by atoms with E-state index in [-0.39, 0.29) is 5.91 Å². The maximum absolute atomic E-state index is 12.7. The van der Waals surface area contributed by atoms with Crippen LogP contribution in [0.5, 0.6) is 5.75 Å². The first-order valence-corrected chi connectivity index (χ1v) is 8.80. The number of esters is 1. The van der Waals surface area contributed by atoms with Crippen LogP contribution in [0.15, 0.2) is 34.7 Å². The number of carbonyl (C=O) groups excluding carboxylic acids is 2. The van der Waals surface area contributed by atoms with Gasteiger partial charge in [-0.3, -0.25) is 9.59 Å². The summed E-state index contributed by atoms with van der Waals surface area (Å²) in [5, 5.41) is 5.19. The number of nitrogens with one attached hydrogen (secondary N) is 1. The van der Waals surface area contributed by atoms with Crippen molar-refractivity contribution in [2.75, 3.05) is 6.54 Å². The van der Waals surface area contributed by atoms with E-state index >= 15 is 0 Å². The molecule has 136 valence electrons. The zero-order chi connectivity index (χ0) is 18.8. The number of aryl methyl sites for hydroxylation is 1. The number of carbonyl (C=O) groups is 2. The molecule has 3 rings (SSSR count). The van der Waals surface area contributed by atoms with Gasteiger partial charge in [0.15, 0.2) is 0 Å². The normalized spacial score (nSPS) is 11.3. The number of hydrogen-bond acceptors (Lipinski definition) is 4. The maximum Gasteiger partial charge on any atom is 0.308 e. The Morgan fingerprint density at radius 3 is 2.50 bits per heavy atom. The first kappa shape index (κ1) is 18.0. The predicted octanol–water partition coefficient (Wildman–Crippen LogP) is 4.60. The van der Waals surface area contributed by atoms with Gasteiger partial charge in [-0.25, -0.2) is 0 Å². The lowest BCUT2D eigenvalue weighted by Crippen LogP contribution is -2.25. The van der Waals surface area contributed by atoms with Crippen LogP contribution in [0.3, 0.4) is 0 Å². The summed E-state index contributed by atoms with van der Waals surface area (Å²) in [5.41, 5.74) is 1.12. The summed E-state index contributed by atoms with van der Waals surface area (Å²) in [6.07, 6.45) is 0.905. The topological polar surface area (TPSA) is 68.5 Å². The first-order valence-electron chi connectivity index (χ1n) is 8.80. The summed E-state index contributed by atoms with van der Waals surface area (Å²) in [6, 6.07) is 9.24. The quantitative estimate of drug-likeness (QED) is 0.538. The number of amides is 1. The molecule has 26 heavy (non-hydrogen) atoms. The van der Waals surface area contributed by atoms with Gasteiger partial charge in [0.1, 0.15) is 17.1 Å². The molecule has 0 atom stereocenters. The van der Waals surface area contributed by atoms with Crippen LogP contribution in [0.25, 0.3) is 21.7 Å². The molecule has 0 aliphatic carbocycles. The van der Waals surface area contributed by atoms with Crippen molar-refractivity contribution in [2.45, 2.75) is 34.1 Å². The molecule has 1 heterocycles. The first-order chi connectivity index (χ1) is 12.4. The minimum absolute atomic E-state index is 0.175. The van der Waals surface area contributed by atoms with Crippen molar-refractivity contribution >= 4 is 33.6 Å². The van der Waals surface area contributed by atoms with E-state index in [1.807, 2.05) is 24.3 Å². The monoisotopic (exact) mass is 353 g/mol. The zero-order valence-electron chi connectivity index (χ0n) is 15.5. The van der Waals surface area contributed by atoms with Crippen molar-refractivity contribution in [3.8, 4) is 5.75 Å². The molecule has 3 aromatic rings. The van der Waals surface area contributed by atoms with Crippen LogP contribution in [-0.4, -0.2) is 18.4 Å². The zero-order valence-corrected chi connectivity index (χ0v) is 15.5. The molecule has 0 fully saturated rings. The van der Waals surface area contributed by atoms with Crippen LogP contribution in [0.1, 0.15) is 43.3 Å². The molecule has 0 aliphatic heterocycles. The highest BCUT2D eigenvalue weighted by Crippen LogP contribution is 2.37. The molecule has 1 amide bonds. The number of hydrogen-bond donors (Lipinski definition) is 1. The van der Waals surface area contributed by atoms with Crippen LogP contribution in [0.4, 0.5) is 0 Å². The Morgan fingerprint density at radius 1 is 1.15 bits per heavy atom. The van der Waals surface area contributed by atoms with Crippen molar-refractivity contribution < 1.29 is 18.7 Å². The molecule has 1 aromatic heterocycles. The molecule has 0 unspecified atom stereocenters. The Morgan fingerprint density at radius 2 is 1.85 bits per heavy atom. The number of ether oxygens (including phenoxy) is 1. The van der Waals surface area contributed by atoms with Crippen molar-refractivity contribution in [3.05, 3.63) is 41.7 Å². The van der Waals surface area contributed by atoms with Crippen LogP contribution < -0.4 is 10.1 Å². The molecular formula is C21H23NO4. The van der Waals surface area contributed by atoms with E-state index in [1.54, 1.807) is 13.0 Å². The number of furan rings is 1. The Labute approximate surface area is 152 Å². The van der Waals surface area contributed by atoms with E-state index in [0.29, 0.717) is 40.5 Å². The van der Waals surface area contributed by atoms with Gasteiger partial charge in [0, 0.05) is 29.6 Å². The second-order valence-electron chi connectivity index (χ2n) is 6.86. The minimum Gasteiger partial charge on any atom is -0.460 e. The summed E-state index contributed by atoms with van der Waals surface area (Å²) in [4.78, 5) is 24.2. The Hall–Kier alpha value is -2.82. The van der Waals surface area contributed by atoms with Crippen molar-refractivity contribution in [2.24, 2.45) is 5.92 Å². The van der Waals surface area contributed by atoms with E-state index in [1.165, 1.54) is 6.92 Å². The van der Waals surface area contributed by atoms with E-state index in [0.717, 1.165) is 17.2 Å². The molecule has 1 N–H and O–H groups in total. The molecule has 0 aliphatic rings. The van der Waals surface area contributed by atoms with Gasteiger partial charge in [-0.05, 0) is 25.3 Å². The summed E-state index contributed by atoms with van der Waals surface area (Å²) in [6.45, 7) is 7.97. The molecule has 0 radical (unpaired) electrons. The fourth-order valence-corrected chi connectivity index (χ4v) is 3.09. The average Bonchev–Trinajstić information content (AvgIpc) is 2.90. The predicted molar refractivity (Wildman–Crippen MR) is 102 cm³/mol. The van der Waals surface area contributed by atoms with Gasteiger partial charge in [0.05, 0.1) is 5.56 Å². The molecule has 0 bridgehead atoms. The van der Waals surface area contributed by atoms with Gasteiger partial charge in [-0.1, -0.05) is 38.1 Å². The van der Waals surface area contributed by atoms with Crippen LogP contribution in [-0.2, 0) is 4.79 Å². The van der Waals surface area contributed by atoms with E-state index in [4.69, 9.17) is 9.15 Å². The van der Waals surface area contributed by atoms with Gasteiger partial charge in [0.2, 0.25) is 0 Å². The summed E-state index contributed by atoms with van der Waals surface area (Å²) in [7, 11) is 0. The highest BCUT2D eigenvalue weighted by Gasteiger charge is 2.22. The minimum atomic E-state index is -0.405. The highest BCUT2D eigenvalue weighted by atomic mass is 16.5. The lowest BCUT2D eigenvalue weighted by Gasteiger charge is -2.09. The lowest BCUT2D eigenvalue weighted by molar-refractivity contribution is -0.131. The lowest BCUT2D eigenvalue weighted by atomic mass is 10.0. The van der Waals surface area contributed by atoms with Crippen molar-refractivity contribution in [1.29, 1.82) is 0 Å². The fourth-order valence-electron chi connectivity index (χ4n) is 3.09. The van der Waals surface area contributed by atoms with Gasteiger partial charge < -0.3 is 14.5 Å². The average molecular weight is 353 g/mol. The van der Waals surface area contributed by atoms with Gasteiger partial charge in [0.25, 0.3) is 5.91 Å². The third kappa shape index (κ3) is 3.43. The number of benzene rings is 2. The summed E-state index contributed by atoms with van der Waals surface area (Å²) in [5.74, 6) is 0.908. The Bertz CT molecular complexity index is 984. The molecule has 5 heteroatoms. The van der Waals surface area contributed by atoms with E-state index in [2.05, 4.69) is 19.2 Å². The van der Waals surface area contributed by atoms with E-state index < -0.39 is 5.97 Å². The molecule has 2 aromatic carbocycles. The third-order valence-electron chi connectivity index (χ3n) is 4.32. The Balaban J connectivity index is 2.13. The van der Waals surface area contributed by atoms with Gasteiger partial charge in [-0.15, -0.1) is 0 Å². The highest BCUT2D eigenvalue weighted by molar-refractivity contribution is 6.16. The standard InChI is InChI=1S/C21H23NO4/c1-12(2)9-10-22-21(24)19-13(3)25-20-16-8-6-5-7-15(16)18(11-17(19)20)26-14(4)23/h5-8,11-12H,9-10H2,1-4H3,(H,22,24). The molecule has 0 spiro atoms. The smallest absolute Gasteiger partial charge is 0.308 e. The van der Waals surface area contributed by atoms with Crippen molar-refractivity contribution in [3.63, 3.8) is 0 Å². The van der Waals surface area contributed by atoms with E-state index in [9.17, 15) is 9.59 Å². The second kappa shape index (κ2) is 7.20. The summed E-state index contributed by atoms with van der Waals surface area (Å²) < 4.78 is 11.3. The van der Waals surface area contributed by atoms with Crippen LogP contribution in [0.2, 0.25) is 0 Å². The van der Waals surface area contributed by atoms with Crippen LogP contribution >= 0.6 is 0 Å². The van der Waals surface area contributed by atoms with Gasteiger partial charge >= 0.3 is 5.97 Å². The molecule has 0 saturated carbocycles. The van der Waals surface area contributed by atoms with Crippen LogP contribution in [0, 0.1) is 12.8 Å². The SMILES string of the molecule is CC(=O)Oc1cc2c(C(=O)NCCC(C)C)c(C)oc2c2ccccc12. The third-order valence-corrected chi connectivity index (χ3v) is 4.32. The number of fused-ring (bicyclic) bond motifs is 3. The summed E-state index contributed by atoms with van der Waals surface area (Å²) >= 11 is 0. The largest absolute Gasteiger partial charge is 0.460 e. The Kier molecular flexibility index (Phi) is 4.98. The molecule has 5 nitrogen and oxygen atoms in total. The number of rotatable bonds is 5. The molecular weight excluding hydrogens is 330 g/mol. The van der Waals surface area contributed by atoms with Gasteiger partial charge in [-0.2, -0.15) is 0 Å².